The van der Waals surface area contributed by atoms with Crippen molar-refractivity contribution >= 4 is 0 Å². The van der Waals surface area contributed by atoms with E-state index in [9.17, 15) is 15.3 Å². The van der Waals surface area contributed by atoms with Gasteiger partial charge in [0.05, 0.1) is 18.3 Å². The fourth-order valence-corrected chi connectivity index (χ4v) is 9.39. The van der Waals surface area contributed by atoms with Gasteiger partial charge in [-0.25, -0.2) is 0 Å². The lowest BCUT2D eigenvalue weighted by Gasteiger charge is -2.61. The van der Waals surface area contributed by atoms with Crippen molar-refractivity contribution < 1.29 is 15.3 Å². The molecule has 4 aliphatic rings. The Kier molecular flexibility index (Phi) is 6.65. The molecule has 0 amide bonds. The topological polar surface area (TPSA) is 60.7 Å². The Labute approximate surface area is 191 Å². The van der Waals surface area contributed by atoms with Gasteiger partial charge in [-0.3, -0.25) is 0 Å². The van der Waals surface area contributed by atoms with Crippen LogP contribution in [0.3, 0.4) is 0 Å². The summed E-state index contributed by atoms with van der Waals surface area (Å²) in [6.07, 6.45) is 9.68. The normalized spacial score (nSPS) is 49.0. The molecule has 0 aromatic rings. The summed E-state index contributed by atoms with van der Waals surface area (Å²) in [5.41, 5.74) is 0.731. The monoisotopic (exact) mass is 434 g/mol. The van der Waals surface area contributed by atoms with Gasteiger partial charge in [0.1, 0.15) is 0 Å². The van der Waals surface area contributed by atoms with Crippen molar-refractivity contribution in [2.24, 2.45) is 58.2 Å². The lowest BCUT2D eigenvalue weighted by molar-refractivity contribution is -0.136. The van der Waals surface area contributed by atoms with Crippen LogP contribution >= 0.6 is 0 Å². The second-order valence-corrected chi connectivity index (χ2v) is 13.3. The molecule has 0 radical (unpaired) electrons. The molecule has 4 fully saturated rings. The standard InChI is InChI=1S/C28H50O3/c1-16(2)17(3)25(30)26(31)18(4)22-9-10-23-21-8-7-19-15-20(29)11-13-27(19,5)24(21)12-14-28(22,23)6/h16-26,29-31H,7-15H2,1-6H3/t17-,18?,19?,20?,21?,22+,23?,24?,25+,26?,27-,28+/m0/s1. The summed E-state index contributed by atoms with van der Waals surface area (Å²) in [7, 11) is 0. The predicted molar refractivity (Wildman–Crippen MR) is 126 cm³/mol. The molecule has 3 nitrogen and oxygen atoms in total. The van der Waals surface area contributed by atoms with E-state index in [2.05, 4.69) is 41.5 Å². The van der Waals surface area contributed by atoms with E-state index >= 15 is 0 Å². The Balaban J connectivity index is 1.51. The highest BCUT2D eigenvalue weighted by Gasteiger charge is 2.61. The maximum atomic E-state index is 11.1. The van der Waals surface area contributed by atoms with Crippen LogP contribution in [0.2, 0.25) is 0 Å². The van der Waals surface area contributed by atoms with Crippen molar-refractivity contribution in [2.75, 3.05) is 0 Å². The fraction of sp³-hybridized carbons (Fsp3) is 1.00. The maximum absolute atomic E-state index is 11.1. The fourth-order valence-electron chi connectivity index (χ4n) is 9.39. The number of rotatable bonds is 5. The SMILES string of the molecule is CC(C(O)[C@H](O)[C@@H](C)C(C)C)[C@H]1CCC2C3CCC4CC(O)CC[C@]4(C)C3CC[C@@]21C. The van der Waals surface area contributed by atoms with E-state index in [0.717, 1.165) is 30.6 Å². The average Bonchev–Trinajstić information content (AvgIpc) is 3.09. The average molecular weight is 435 g/mol. The van der Waals surface area contributed by atoms with Crippen molar-refractivity contribution in [1.29, 1.82) is 0 Å². The molecule has 4 rings (SSSR count). The lowest BCUT2D eigenvalue weighted by Crippen LogP contribution is -2.54. The number of hydrogen-bond acceptors (Lipinski definition) is 3. The number of aliphatic hydroxyl groups is 3. The molecule has 12 atom stereocenters. The van der Waals surface area contributed by atoms with Crippen molar-refractivity contribution in [2.45, 2.75) is 118 Å². The molecule has 180 valence electrons. The third kappa shape index (κ3) is 3.83. The number of hydrogen-bond donors (Lipinski definition) is 3. The molecule has 0 spiro atoms. The van der Waals surface area contributed by atoms with Crippen molar-refractivity contribution in [3.05, 3.63) is 0 Å². The molecule has 0 bridgehead atoms. The van der Waals surface area contributed by atoms with Crippen molar-refractivity contribution in [3.8, 4) is 0 Å². The minimum absolute atomic E-state index is 0.0682. The molecule has 0 aromatic carbocycles. The van der Waals surface area contributed by atoms with E-state index < -0.39 is 12.2 Å². The molecule has 3 N–H and O–H groups in total. The van der Waals surface area contributed by atoms with Gasteiger partial charge in [-0.15, -0.1) is 0 Å². The van der Waals surface area contributed by atoms with Crippen molar-refractivity contribution in [1.82, 2.24) is 0 Å². The summed E-state index contributed by atoms with van der Waals surface area (Å²) in [6.45, 7) is 13.7. The second-order valence-electron chi connectivity index (χ2n) is 13.3. The zero-order chi connectivity index (χ0) is 22.7. The summed E-state index contributed by atoms with van der Waals surface area (Å²) in [5, 5.41) is 32.3. The molecule has 4 saturated carbocycles. The van der Waals surface area contributed by atoms with Gasteiger partial charge in [0.2, 0.25) is 0 Å². The Bertz CT molecular complexity index is 634. The van der Waals surface area contributed by atoms with Crippen LogP contribution in [0.15, 0.2) is 0 Å². The third-order valence-corrected chi connectivity index (χ3v) is 11.8. The van der Waals surface area contributed by atoms with E-state index in [-0.39, 0.29) is 17.9 Å². The van der Waals surface area contributed by atoms with Gasteiger partial charge in [-0.2, -0.15) is 0 Å². The molecule has 0 saturated heterocycles. The third-order valence-electron chi connectivity index (χ3n) is 11.8. The molecule has 0 heterocycles. The first-order valence-electron chi connectivity index (χ1n) is 13.5. The quantitative estimate of drug-likeness (QED) is 0.523. The van der Waals surface area contributed by atoms with E-state index in [0.29, 0.717) is 28.6 Å². The number of aliphatic hydroxyl groups excluding tert-OH is 3. The Morgan fingerprint density at radius 2 is 1.39 bits per heavy atom. The Morgan fingerprint density at radius 3 is 2.06 bits per heavy atom. The first kappa shape index (κ1) is 24.0. The van der Waals surface area contributed by atoms with Crippen LogP contribution in [-0.4, -0.2) is 33.6 Å². The minimum atomic E-state index is -0.628. The summed E-state index contributed by atoms with van der Waals surface area (Å²) in [5.74, 6) is 4.30. The summed E-state index contributed by atoms with van der Waals surface area (Å²) < 4.78 is 0. The van der Waals surface area contributed by atoms with Gasteiger partial charge in [-0.05, 0) is 116 Å². The van der Waals surface area contributed by atoms with Gasteiger partial charge >= 0.3 is 0 Å². The second kappa shape index (κ2) is 8.58. The molecule has 7 unspecified atom stereocenters. The minimum Gasteiger partial charge on any atom is -0.393 e. The summed E-state index contributed by atoms with van der Waals surface area (Å²) >= 11 is 0. The lowest BCUT2D eigenvalue weighted by atomic mass is 9.44. The van der Waals surface area contributed by atoms with Crippen LogP contribution in [0, 0.1) is 58.2 Å². The molecular weight excluding hydrogens is 384 g/mol. The molecule has 31 heavy (non-hydrogen) atoms. The van der Waals surface area contributed by atoms with Crippen LogP contribution in [0.5, 0.6) is 0 Å². The van der Waals surface area contributed by atoms with Crippen LogP contribution in [0.4, 0.5) is 0 Å². The predicted octanol–water partition coefficient (Wildman–Crippen LogP) is 5.66. The van der Waals surface area contributed by atoms with Crippen LogP contribution < -0.4 is 0 Å². The first-order chi connectivity index (χ1) is 14.5. The molecule has 0 aromatic heterocycles. The molecular formula is C28H50O3. The van der Waals surface area contributed by atoms with Crippen LogP contribution in [0.1, 0.15) is 99.3 Å². The van der Waals surface area contributed by atoms with Gasteiger partial charge < -0.3 is 15.3 Å². The zero-order valence-corrected chi connectivity index (χ0v) is 21.1. The highest BCUT2D eigenvalue weighted by atomic mass is 16.3. The van der Waals surface area contributed by atoms with E-state index in [4.69, 9.17) is 0 Å². The van der Waals surface area contributed by atoms with Crippen LogP contribution in [0.25, 0.3) is 0 Å². The van der Waals surface area contributed by atoms with Gasteiger partial charge in [0, 0.05) is 0 Å². The largest absolute Gasteiger partial charge is 0.393 e. The van der Waals surface area contributed by atoms with Gasteiger partial charge in [-0.1, -0.05) is 41.5 Å². The van der Waals surface area contributed by atoms with Crippen molar-refractivity contribution in [3.63, 3.8) is 0 Å². The van der Waals surface area contributed by atoms with E-state index in [1.54, 1.807) is 0 Å². The molecule has 4 aliphatic carbocycles. The Hall–Kier alpha value is -0.120. The molecule has 0 aliphatic heterocycles. The first-order valence-corrected chi connectivity index (χ1v) is 13.5. The van der Waals surface area contributed by atoms with Gasteiger partial charge in [0.25, 0.3) is 0 Å². The summed E-state index contributed by atoms with van der Waals surface area (Å²) in [6, 6.07) is 0. The zero-order valence-electron chi connectivity index (χ0n) is 21.1. The van der Waals surface area contributed by atoms with Gasteiger partial charge in [0.15, 0.2) is 0 Å². The summed E-state index contributed by atoms with van der Waals surface area (Å²) in [4.78, 5) is 0. The highest BCUT2D eigenvalue weighted by molar-refractivity contribution is 5.10. The molecule has 3 heteroatoms. The smallest absolute Gasteiger partial charge is 0.0830 e. The van der Waals surface area contributed by atoms with E-state index in [1.807, 2.05) is 0 Å². The Morgan fingerprint density at radius 1 is 0.742 bits per heavy atom. The van der Waals surface area contributed by atoms with E-state index in [1.165, 1.54) is 44.9 Å². The number of fused-ring (bicyclic) bond motifs is 5. The maximum Gasteiger partial charge on any atom is 0.0830 e. The highest BCUT2D eigenvalue weighted by Crippen LogP contribution is 2.68. The van der Waals surface area contributed by atoms with Crippen LogP contribution in [-0.2, 0) is 0 Å².